The molecule has 2 unspecified atom stereocenters. The van der Waals surface area contributed by atoms with Crippen LogP contribution in [0.1, 0.15) is 29.0 Å². The third kappa shape index (κ3) is 4.90. The number of amidine groups is 1. The predicted octanol–water partition coefficient (Wildman–Crippen LogP) is 11.2. The van der Waals surface area contributed by atoms with Gasteiger partial charge in [-0.05, 0) is 82.9 Å². The fraction of sp³-hybridized carbons (Fsp3) is 0.0444. The molecular weight excluding hydrogens is 629 g/mol. The zero-order valence-electron chi connectivity index (χ0n) is 27.1. The topological polar surface area (TPSA) is 41.4 Å². The smallest absolute Gasteiger partial charge is 0.131 e. The van der Waals surface area contributed by atoms with Gasteiger partial charge in [-0.2, -0.15) is 0 Å². The Kier molecular flexibility index (Phi) is 6.86. The summed E-state index contributed by atoms with van der Waals surface area (Å²) < 4.78 is 5.04. The van der Waals surface area contributed by atoms with Crippen molar-refractivity contribution in [3.05, 3.63) is 187 Å². The summed E-state index contributed by atoms with van der Waals surface area (Å²) in [6.45, 7) is 0. The lowest BCUT2D eigenvalue weighted by atomic mass is 10.0. The first-order chi connectivity index (χ1) is 24.8. The molecule has 2 atom stereocenters. The third-order valence-electron chi connectivity index (χ3n) is 9.89. The maximum absolute atomic E-state index is 5.15. The van der Waals surface area contributed by atoms with Gasteiger partial charge in [-0.3, -0.25) is 5.32 Å². The summed E-state index contributed by atoms with van der Waals surface area (Å²) in [4.78, 5) is 5.15. The monoisotopic (exact) mass is 660 g/mol. The highest BCUT2D eigenvalue weighted by atomic mass is 32.1. The van der Waals surface area contributed by atoms with Gasteiger partial charge in [-0.1, -0.05) is 109 Å². The summed E-state index contributed by atoms with van der Waals surface area (Å²) in [7, 11) is 0. The van der Waals surface area contributed by atoms with Crippen molar-refractivity contribution in [2.24, 2.45) is 4.99 Å². The minimum atomic E-state index is -0.164. The molecule has 2 aromatic heterocycles. The molecule has 2 N–H and O–H groups in total. The third-order valence-corrected chi connectivity index (χ3v) is 11.0. The summed E-state index contributed by atoms with van der Waals surface area (Å²) >= 11 is 1.86. The molecule has 0 bridgehead atoms. The van der Waals surface area contributed by atoms with Crippen molar-refractivity contribution in [1.82, 2.24) is 15.2 Å². The molecule has 3 heterocycles. The number of nitrogens with zero attached hydrogens (tertiary/aromatic N) is 2. The minimum absolute atomic E-state index is 0.0701. The second-order valence-electron chi connectivity index (χ2n) is 12.9. The standard InChI is InChI=1S/C45H32N4S/c1-3-11-29(12-4-1)43-46-44(30-13-5-2-6-14-30)48-45(47-43)31-19-23-34(24-20-31)49-39-17-9-7-15-35(39)37-27-32(21-25-40(37)49)33-22-26-42-38(28-33)36-16-8-10-18-41(36)50-42/h1-28,43-44,46H,(H,47,48). The Bertz CT molecular complexity index is 2710. The number of aromatic nitrogens is 1. The van der Waals surface area contributed by atoms with E-state index in [0.29, 0.717) is 0 Å². The summed E-state index contributed by atoms with van der Waals surface area (Å²) in [5.74, 6) is 0.875. The minimum Gasteiger partial charge on any atom is -0.350 e. The normalized spacial score (nSPS) is 16.2. The van der Waals surface area contributed by atoms with Gasteiger partial charge >= 0.3 is 0 Å². The molecule has 0 spiro atoms. The number of para-hydroxylation sites is 1. The number of rotatable bonds is 5. The number of hydrogen-bond donors (Lipinski definition) is 2. The molecule has 0 fully saturated rings. The summed E-state index contributed by atoms with van der Waals surface area (Å²) in [5.41, 5.74) is 9.32. The van der Waals surface area contributed by atoms with E-state index in [0.717, 1.165) is 22.6 Å². The molecule has 0 aliphatic carbocycles. The van der Waals surface area contributed by atoms with Crippen molar-refractivity contribution in [3.8, 4) is 16.8 Å². The SMILES string of the molecule is c1ccc(C2N=C(c3ccc(-n4c5ccccc5c5cc(-c6ccc7sc8ccccc8c7c6)ccc54)cc3)NC(c3ccccc3)N2)cc1. The first-order valence-electron chi connectivity index (χ1n) is 17.0. The van der Waals surface area contributed by atoms with E-state index in [9.17, 15) is 0 Å². The molecule has 9 aromatic rings. The molecule has 0 saturated carbocycles. The quantitative estimate of drug-likeness (QED) is 0.193. The Hall–Kier alpha value is -6.01. The van der Waals surface area contributed by atoms with Gasteiger partial charge < -0.3 is 9.88 Å². The van der Waals surface area contributed by atoms with Crippen LogP contribution in [-0.2, 0) is 0 Å². The van der Waals surface area contributed by atoms with Crippen molar-refractivity contribution in [2.45, 2.75) is 12.3 Å². The molecule has 50 heavy (non-hydrogen) atoms. The van der Waals surface area contributed by atoms with Gasteiger partial charge in [0.25, 0.3) is 0 Å². The highest BCUT2D eigenvalue weighted by Gasteiger charge is 2.25. The Labute approximate surface area is 294 Å². The fourth-order valence-corrected chi connectivity index (χ4v) is 8.52. The van der Waals surface area contributed by atoms with Crippen molar-refractivity contribution >= 4 is 59.2 Å². The van der Waals surface area contributed by atoms with Gasteiger partial charge in [0, 0.05) is 42.2 Å². The van der Waals surface area contributed by atoms with Crippen LogP contribution in [0.25, 0.3) is 58.8 Å². The van der Waals surface area contributed by atoms with Crippen molar-refractivity contribution in [1.29, 1.82) is 0 Å². The first-order valence-corrected chi connectivity index (χ1v) is 17.8. The molecule has 5 heteroatoms. The van der Waals surface area contributed by atoms with Gasteiger partial charge in [0.15, 0.2) is 0 Å². The van der Waals surface area contributed by atoms with Crippen LogP contribution >= 0.6 is 11.3 Å². The lowest BCUT2D eigenvalue weighted by molar-refractivity contribution is 0.409. The lowest BCUT2D eigenvalue weighted by Gasteiger charge is -2.32. The molecule has 0 radical (unpaired) electrons. The van der Waals surface area contributed by atoms with Gasteiger partial charge in [-0.15, -0.1) is 11.3 Å². The van der Waals surface area contributed by atoms with E-state index in [4.69, 9.17) is 4.99 Å². The summed E-state index contributed by atoms with van der Waals surface area (Å²) in [5, 5.41) is 12.5. The van der Waals surface area contributed by atoms with Crippen LogP contribution in [0.2, 0.25) is 0 Å². The summed E-state index contributed by atoms with van der Waals surface area (Å²) in [6.07, 6.45) is -0.234. The van der Waals surface area contributed by atoms with Crippen LogP contribution in [-0.4, -0.2) is 10.4 Å². The van der Waals surface area contributed by atoms with E-state index >= 15 is 0 Å². The Morgan fingerprint density at radius 2 is 1.08 bits per heavy atom. The van der Waals surface area contributed by atoms with E-state index in [1.807, 2.05) is 17.4 Å². The van der Waals surface area contributed by atoms with E-state index in [1.165, 1.54) is 58.7 Å². The maximum Gasteiger partial charge on any atom is 0.131 e. The average Bonchev–Trinajstić information content (AvgIpc) is 3.73. The highest BCUT2D eigenvalue weighted by Crippen LogP contribution is 2.39. The number of thiophene rings is 1. The molecule has 1 aliphatic heterocycles. The average molecular weight is 661 g/mol. The van der Waals surface area contributed by atoms with E-state index in [-0.39, 0.29) is 12.3 Å². The fourth-order valence-electron chi connectivity index (χ4n) is 7.43. The van der Waals surface area contributed by atoms with Crippen molar-refractivity contribution in [3.63, 3.8) is 0 Å². The van der Waals surface area contributed by atoms with Crippen LogP contribution in [0.3, 0.4) is 0 Å². The van der Waals surface area contributed by atoms with E-state index in [1.54, 1.807) is 0 Å². The number of fused-ring (bicyclic) bond motifs is 6. The van der Waals surface area contributed by atoms with Crippen LogP contribution in [0, 0.1) is 0 Å². The Morgan fingerprint density at radius 3 is 1.88 bits per heavy atom. The van der Waals surface area contributed by atoms with Crippen molar-refractivity contribution in [2.75, 3.05) is 0 Å². The Balaban J connectivity index is 1.04. The molecule has 0 amide bonds. The second kappa shape index (κ2) is 11.8. The maximum atomic E-state index is 5.15. The second-order valence-corrected chi connectivity index (χ2v) is 14.0. The number of benzene rings is 7. The van der Waals surface area contributed by atoms with E-state index < -0.39 is 0 Å². The van der Waals surface area contributed by atoms with Crippen LogP contribution in [0.5, 0.6) is 0 Å². The molecule has 0 saturated heterocycles. The van der Waals surface area contributed by atoms with Gasteiger partial charge in [0.1, 0.15) is 18.2 Å². The number of hydrogen-bond acceptors (Lipinski definition) is 4. The first kappa shape index (κ1) is 29.0. The van der Waals surface area contributed by atoms with Crippen LogP contribution in [0.15, 0.2) is 175 Å². The number of aliphatic imine (C=N–C) groups is 1. The van der Waals surface area contributed by atoms with Gasteiger partial charge in [0.05, 0.1) is 11.0 Å². The molecule has 1 aliphatic rings. The largest absolute Gasteiger partial charge is 0.350 e. The zero-order chi connectivity index (χ0) is 33.0. The zero-order valence-corrected chi connectivity index (χ0v) is 27.9. The van der Waals surface area contributed by atoms with Crippen LogP contribution in [0.4, 0.5) is 0 Å². The van der Waals surface area contributed by atoms with Gasteiger partial charge in [0.2, 0.25) is 0 Å². The molecule has 10 rings (SSSR count). The Morgan fingerprint density at radius 1 is 0.480 bits per heavy atom. The van der Waals surface area contributed by atoms with Crippen molar-refractivity contribution < 1.29 is 0 Å². The molecule has 238 valence electrons. The lowest BCUT2D eigenvalue weighted by Crippen LogP contribution is -2.44. The van der Waals surface area contributed by atoms with E-state index in [2.05, 4.69) is 179 Å². The number of nitrogens with one attached hydrogen (secondary N) is 2. The van der Waals surface area contributed by atoms with Gasteiger partial charge in [-0.25, -0.2) is 4.99 Å². The van der Waals surface area contributed by atoms with Crippen LogP contribution < -0.4 is 10.6 Å². The highest BCUT2D eigenvalue weighted by molar-refractivity contribution is 7.25. The molecule has 7 aromatic carbocycles. The summed E-state index contributed by atoms with van der Waals surface area (Å²) in [6, 6.07) is 61.0. The molecule has 4 nitrogen and oxygen atoms in total. The predicted molar refractivity (Wildman–Crippen MR) is 210 cm³/mol. The molecular formula is C45H32N4S.